The molecule has 4 rings (SSSR count). The lowest BCUT2D eigenvalue weighted by Gasteiger charge is -2.51. The van der Waals surface area contributed by atoms with Gasteiger partial charge in [-0.15, -0.1) is 0 Å². The first kappa shape index (κ1) is 19.9. The number of non-ortho nitro benzene ring substituents is 1. The van der Waals surface area contributed by atoms with Crippen molar-refractivity contribution in [1.82, 2.24) is 0 Å². The van der Waals surface area contributed by atoms with E-state index in [4.69, 9.17) is 9.47 Å². The zero-order chi connectivity index (χ0) is 21.7. The van der Waals surface area contributed by atoms with Gasteiger partial charge in [-0.2, -0.15) is 0 Å². The van der Waals surface area contributed by atoms with Gasteiger partial charge in [-0.25, -0.2) is 0 Å². The van der Waals surface area contributed by atoms with Crippen molar-refractivity contribution >= 4 is 23.3 Å². The molecule has 156 valence electrons. The van der Waals surface area contributed by atoms with Gasteiger partial charge in [-0.05, 0) is 24.1 Å². The second kappa shape index (κ2) is 6.83. The number of nitro groups is 1. The smallest absolute Gasteiger partial charge is 0.329 e. The molecule has 8 heteroatoms. The average Bonchev–Trinajstić information content (AvgIpc) is 2.70. The van der Waals surface area contributed by atoms with Crippen LogP contribution >= 0.6 is 0 Å². The predicted molar refractivity (Wildman–Crippen MR) is 108 cm³/mol. The molecule has 1 atom stereocenters. The number of carbonyl (C=O) groups is 2. The molecule has 0 aromatic heterocycles. The summed E-state index contributed by atoms with van der Waals surface area (Å²) in [5.74, 6) is -2.75. The second-order valence-electron chi connectivity index (χ2n) is 8.00. The SMILES string of the molecule is CCN1c2ccc([N+](=O)[O-])cc2CC2(C(=O)OC(C)(C)OC2=O)[C@@H]1c1ccccc1. The fourth-order valence-corrected chi connectivity index (χ4v) is 4.46. The van der Waals surface area contributed by atoms with E-state index in [1.807, 2.05) is 42.2 Å². The Morgan fingerprint density at radius 2 is 1.73 bits per heavy atom. The number of anilines is 1. The number of hydrogen-bond donors (Lipinski definition) is 0. The molecule has 2 aliphatic rings. The quantitative estimate of drug-likeness (QED) is 0.330. The number of hydrogen-bond acceptors (Lipinski definition) is 7. The molecule has 1 fully saturated rings. The maximum absolute atomic E-state index is 13.4. The Kier molecular flexibility index (Phi) is 4.52. The highest BCUT2D eigenvalue weighted by Crippen LogP contribution is 2.53. The Balaban J connectivity index is 1.97. The van der Waals surface area contributed by atoms with E-state index in [2.05, 4.69) is 0 Å². The van der Waals surface area contributed by atoms with Gasteiger partial charge < -0.3 is 14.4 Å². The molecule has 2 aliphatic heterocycles. The highest BCUT2D eigenvalue weighted by molar-refractivity contribution is 6.04. The Morgan fingerprint density at radius 1 is 1.10 bits per heavy atom. The fraction of sp³-hybridized carbons (Fsp3) is 0.364. The van der Waals surface area contributed by atoms with E-state index >= 15 is 0 Å². The molecule has 0 saturated carbocycles. The number of nitrogens with zero attached hydrogens (tertiary/aromatic N) is 2. The van der Waals surface area contributed by atoms with E-state index < -0.39 is 34.1 Å². The molecule has 2 heterocycles. The molecular weight excluding hydrogens is 388 g/mol. The molecule has 0 radical (unpaired) electrons. The van der Waals surface area contributed by atoms with Crippen LogP contribution in [0.1, 0.15) is 37.9 Å². The number of cyclic esters (lactones) is 2. The molecule has 1 spiro atoms. The lowest BCUT2D eigenvalue weighted by molar-refractivity contribution is -0.384. The third-order valence-electron chi connectivity index (χ3n) is 5.69. The van der Waals surface area contributed by atoms with Crippen molar-refractivity contribution in [2.75, 3.05) is 11.4 Å². The summed E-state index contributed by atoms with van der Waals surface area (Å²) in [5, 5.41) is 11.3. The van der Waals surface area contributed by atoms with Crippen LogP contribution in [0.4, 0.5) is 11.4 Å². The highest BCUT2D eigenvalue weighted by atomic mass is 16.7. The molecule has 0 N–H and O–H groups in total. The minimum Gasteiger partial charge on any atom is -0.422 e. The third kappa shape index (κ3) is 2.91. The Labute approximate surface area is 173 Å². The Hall–Kier alpha value is -3.42. The first-order valence-electron chi connectivity index (χ1n) is 9.75. The van der Waals surface area contributed by atoms with Gasteiger partial charge in [0.15, 0.2) is 5.41 Å². The summed E-state index contributed by atoms with van der Waals surface area (Å²) in [5.41, 5.74) is 0.266. The number of esters is 2. The molecule has 0 unspecified atom stereocenters. The van der Waals surface area contributed by atoms with E-state index in [1.165, 1.54) is 26.0 Å². The molecule has 8 nitrogen and oxygen atoms in total. The zero-order valence-corrected chi connectivity index (χ0v) is 17.0. The van der Waals surface area contributed by atoms with E-state index in [1.54, 1.807) is 6.07 Å². The van der Waals surface area contributed by atoms with Crippen LogP contribution in [-0.4, -0.2) is 29.2 Å². The van der Waals surface area contributed by atoms with Crippen molar-refractivity contribution < 1.29 is 24.0 Å². The number of fused-ring (bicyclic) bond motifs is 1. The third-order valence-corrected chi connectivity index (χ3v) is 5.69. The summed E-state index contributed by atoms with van der Waals surface area (Å²) in [6.45, 7) is 5.39. The molecule has 1 saturated heterocycles. The van der Waals surface area contributed by atoms with Crippen molar-refractivity contribution in [2.24, 2.45) is 5.41 Å². The van der Waals surface area contributed by atoms with Crippen LogP contribution in [0.3, 0.4) is 0 Å². The predicted octanol–water partition coefficient (Wildman–Crippen LogP) is 3.54. The van der Waals surface area contributed by atoms with E-state index in [9.17, 15) is 19.7 Å². The topological polar surface area (TPSA) is 99.0 Å². The fourth-order valence-electron chi connectivity index (χ4n) is 4.46. The molecule has 0 bridgehead atoms. The van der Waals surface area contributed by atoms with Crippen LogP contribution in [0.15, 0.2) is 48.5 Å². The monoisotopic (exact) mass is 410 g/mol. The maximum atomic E-state index is 13.4. The summed E-state index contributed by atoms with van der Waals surface area (Å²) in [6.07, 6.45) is -0.0478. The van der Waals surface area contributed by atoms with Gasteiger partial charge in [0.05, 0.1) is 11.0 Å². The van der Waals surface area contributed by atoms with Gasteiger partial charge in [0, 0.05) is 44.6 Å². The summed E-state index contributed by atoms with van der Waals surface area (Å²) in [6, 6.07) is 13.1. The highest BCUT2D eigenvalue weighted by Gasteiger charge is 2.64. The minimum atomic E-state index is -1.67. The van der Waals surface area contributed by atoms with Crippen molar-refractivity contribution in [2.45, 2.75) is 39.0 Å². The van der Waals surface area contributed by atoms with Gasteiger partial charge in [-0.3, -0.25) is 19.7 Å². The van der Waals surface area contributed by atoms with Crippen molar-refractivity contribution in [1.29, 1.82) is 0 Å². The number of nitro benzene ring substituents is 1. The van der Waals surface area contributed by atoms with E-state index in [-0.39, 0.29) is 12.1 Å². The summed E-state index contributed by atoms with van der Waals surface area (Å²) >= 11 is 0. The lowest BCUT2D eigenvalue weighted by Crippen LogP contribution is -2.62. The molecular formula is C22H22N2O6. The van der Waals surface area contributed by atoms with Gasteiger partial charge in [-0.1, -0.05) is 30.3 Å². The minimum absolute atomic E-state index is 0.0478. The van der Waals surface area contributed by atoms with Crippen LogP contribution in [0.5, 0.6) is 0 Å². The van der Waals surface area contributed by atoms with Crippen LogP contribution in [0.25, 0.3) is 0 Å². The van der Waals surface area contributed by atoms with Crippen LogP contribution in [0, 0.1) is 15.5 Å². The Morgan fingerprint density at radius 3 is 2.30 bits per heavy atom. The maximum Gasteiger partial charge on any atom is 0.329 e. The number of benzene rings is 2. The first-order valence-corrected chi connectivity index (χ1v) is 9.75. The molecule has 0 amide bonds. The summed E-state index contributed by atoms with van der Waals surface area (Å²) in [7, 11) is 0. The summed E-state index contributed by atoms with van der Waals surface area (Å²) < 4.78 is 11.1. The summed E-state index contributed by atoms with van der Waals surface area (Å²) in [4.78, 5) is 39.5. The van der Waals surface area contributed by atoms with E-state index in [0.717, 1.165) is 11.3 Å². The Bertz CT molecular complexity index is 1010. The largest absolute Gasteiger partial charge is 0.422 e. The van der Waals surface area contributed by atoms with Gasteiger partial charge >= 0.3 is 11.9 Å². The van der Waals surface area contributed by atoms with Crippen LogP contribution in [-0.2, 0) is 25.5 Å². The normalized spacial score (nSPS) is 21.6. The number of ether oxygens (including phenoxy) is 2. The van der Waals surface area contributed by atoms with Gasteiger partial charge in [0.25, 0.3) is 11.5 Å². The van der Waals surface area contributed by atoms with Gasteiger partial charge in [0.1, 0.15) is 0 Å². The lowest BCUT2D eigenvalue weighted by atomic mass is 9.68. The average molecular weight is 410 g/mol. The van der Waals surface area contributed by atoms with Crippen LogP contribution < -0.4 is 4.90 Å². The van der Waals surface area contributed by atoms with Crippen LogP contribution in [0.2, 0.25) is 0 Å². The van der Waals surface area contributed by atoms with Crippen molar-refractivity contribution in [3.8, 4) is 0 Å². The molecule has 0 aliphatic carbocycles. The molecule has 30 heavy (non-hydrogen) atoms. The zero-order valence-electron chi connectivity index (χ0n) is 17.0. The number of rotatable bonds is 3. The van der Waals surface area contributed by atoms with E-state index in [0.29, 0.717) is 12.1 Å². The second-order valence-corrected chi connectivity index (χ2v) is 8.00. The van der Waals surface area contributed by atoms with Gasteiger partial charge in [0.2, 0.25) is 0 Å². The van der Waals surface area contributed by atoms with Crippen molar-refractivity contribution in [3.63, 3.8) is 0 Å². The van der Waals surface area contributed by atoms with Crippen molar-refractivity contribution in [3.05, 3.63) is 69.8 Å². The first-order chi connectivity index (χ1) is 14.2. The standard InChI is InChI=1S/C22H22N2O6/c1-4-23-17-11-10-16(24(27)28)12-15(17)13-22(18(23)14-8-6-5-7-9-14)19(25)29-21(2,3)30-20(22)26/h5-12,18H,4,13H2,1-3H3/t18-/m0/s1. The number of carbonyl (C=O) groups excluding carboxylic acids is 2. The molecule has 2 aromatic rings. The molecule has 2 aromatic carbocycles.